The van der Waals surface area contributed by atoms with Crippen molar-refractivity contribution in [1.29, 1.82) is 0 Å². The van der Waals surface area contributed by atoms with E-state index in [1.165, 1.54) is 31.4 Å². The van der Waals surface area contributed by atoms with E-state index in [1.54, 1.807) is 4.72 Å². The molecular weight excluding hydrogens is 560 g/mol. The topological polar surface area (TPSA) is 109 Å². The zero-order valence-electron chi connectivity index (χ0n) is 18.5. The van der Waals surface area contributed by atoms with Gasteiger partial charge in [-0.15, -0.1) is 11.3 Å². The van der Waals surface area contributed by atoms with Crippen molar-refractivity contribution >= 4 is 61.1 Å². The molecule has 0 bridgehead atoms. The summed E-state index contributed by atoms with van der Waals surface area (Å²) >= 11 is 6.34. The van der Waals surface area contributed by atoms with Gasteiger partial charge in [0.15, 0.2) is 0 Å². The van der Waals surface area contributed by atoms with Crippen LogP contribution in [0.15, 0.2) is 63.7 Å². The Labute approximate surface area is 215 Å². The number of thiophene rings is 1. The zero-order chi connectivity index (χ0) is 27.1. The fourth-order valence-corrected chi connectivity index (χ4v) is 5.84. The van der Waals surface area contributed by atoms with E-state index >= 15 is 0 Å². The highest BCUT2D eigenvalue weighted by Crippen LogP contribution is 2.36. The number of hydrogen-bond acceptors (Lipinski definition) is 6. The molecule has 8 nitrogen and oxygen atoms in total. The number of alkyl halides is 3. The highest BCUT2D eigenvalue weighted by Gasteiger charge is 2.35. The number of rotatable bonds is 5. The molecule has 0 aliphatic carbocycles. The molecule has 15 heteroatoms. The molecule has 0 unspecified atom stereocenters. The fraction of sp³-hybridized carbons (Fsp3) is 0.0909. The third-order valence-electron chi connectivity index (χ3n) is 5.14. The van der Waals surface area contributed by atoms with Crippen LogP contribution in [0.2, 0.25) is 4.34 Å². The van der Waals surface area contributed by atoms with Gasteiger partial charge in [-0.05, 0) is 53.9 Å². The number of carbonyl (C=O) groups is 1. The van der Waals surface area contributed by atoms with Crippen LogP contribution in [0.4, 0.5) is 33.7 Å². The predicted molar refractivity (Wildman–Crippen MR) is 133 cm³/mol. The first-order valence-corrected chi connectivity index (χ1v) is 12.8. The molecule has 2 amide bonds. The molecule has 4 aromatic rings. The molecule has 37 heavy (non-hydrogen) atoms. The molecule has 3 N–H and O–H groups in total. The Kier molecular flexibility index (Phi) is 6.92. The minimum atomic E-state index is -4.99. The summed E-state index contributed by atoms with van der Waals surface area (Å²) in [6, 6.07) is 7.36. The monoisotopic (exact) mass is 574 g/mol. The maximum atomic E-state index is 14.2. The third kappa shape index (κ3) is 5.40. The van der Waals surface area contributed by atoms with Gasteiger partial charge in [0.05, 0.1) is 26.7 Å². The molecular formula is C22H15ClF4N4O4S2. The number of anilines is 2. The Morgan fingerprint density at radius 3 is 2.41 bits per heavy atom. The van der Waals surface area contributed by atoms with E-state index < -0.39 is 44.9 Å². The van der Waals surface area contributed by atoms with Gasteiger partial charge >= 0.3 is 12.2 Å². The molecule has 0 radical (unpaired) electrons. The smallest absolute Gasteiger partial charge is 0.386 e. The van der Waals surface area contributed by atoms with Crippen molar-refractivity contribution < 1.29 is 30.8 Å². The maximum Gasteiger partial charge on any atom is 0.418 e. The number of benzene rings is 2. The highest BCUT2D eigenvalue weighted by molar-refractivity contribution is 7.92. The molecule has 0 saturated carbocycles. The summed E-state index contributed by atoms with van der Waals surface area (Å²) < 4.78 is 82.6. The summed E-state index contributed by atoms with van der Waals surface area (Å²) in [6.45, 7) is 0. The number of urea groups is 1. The molecule has 0 aliphatic rings. The number of aromatic nitrogens is 1. The lowest BCUT2D eigenvalue weighted by Gasteiger charge is -2.17. The molecule has 4 rings (SSSR count). The standard InChI is InChI=1S/C22H15ClF4N4O4S2/c1-28-17-8-11-6-7-31(20(32)13(11)10-15(17)24)12-2-3-16(14(9-12)22(25,26)27)29-21(33)30-37(34,35)19-5-4-18(23)36-19/h2-10,28H,1H3,(H2,29,30,33). The summed E-state index contributed by atoms with van der Waals surface area (Å²) in [5.74, 6) is -0.717. The van der Waals surface area contributed by atoms with Gasteiger partial charge in [-0.1, -0.05) is 11.6 Å². The molecule has 0 aliphatic heterocycles. The van der Waals surface area contributed by atoms with Crippen molar-refractivity contribution in [3.63, 3.8) is 0 Å². The van der Waals surface area contributed by atoms with Crippen LogP contribution in [0.25, 0.3) is 16.5 Å². The quantitative estimate of drug-likeness (QED) is 0.276. The number of carbonyl (C=O) groups excluding carboxylic acids is 1. The van der Waals surface area contributed by atoms with Crippen LogP contribution < -0.4 is 20.9 Å². The number of pyridine rings is 1. The van der Waals surface area contributed by atoms with E-state index in [4.69, 9.17) is 11.6 Å². The van der Waals surface area contributed by atoms with E-state index in [-0.39, 0.29) is 25.3 Å². The average molecular weight is 575 g/mol. The molecule has 2 aromatic carbocycles. The van der Waals surface area contributed by atoms with E-state index in [2.05, 4.69) is 5.32 Å². The summed E-state index contributed by atoms with van der Waals surface area (Å²) in [5.41, 5.74) is -2.95. The number of amides is 2. The van der Waals surface area contributed by atoms with Gasteiger partial charge in [0.1, 0.15) is 10.0 Å². The minimum Gasteiger partial charge on any atom is -0.386 e. The Hall–Kier alpha value is -3.62. The molecule has 0 fully saturated rings. The minimum absolute atomic E-state index is 0.0620. The highest BCUT2D eigenvalue weighted by atomic mass is 35.5. The maximum absolute atomic E-state index is 14.2. The van der Waals surface area contributed by atoms with Gasteiger partial charge in [-0.25, -0.2) is 22.3 Å². The second-order valence-corrected chi connectivity index (χ2v) is 11.1. The first kappa shape index (κ1) is 26.4. The molecule has 0 spiro atoms. The second kappa shape index (κ2) is 9.68. The Balaban J connectivity index is 1.70. The largest absolute Gasteiger partial charge is 0.418 e. The van der Waals surface area contributed by atoms with Crippen molar-refractivity contribution in [3.05, 3.63) is 80.8 Å². The van der Waals surface area contributed by atoms with Crippen LogP contribution in [0, 0.1) is 5.82 Å². The van der Waals surface area contributed by atoms with Gasteiger partial charge in [0.25, 0.3) is 15.6 Å². The number of fused-ring (bicyclic) bond motifs is 1. The van der Waals surface area contributed by atoms with Crippen LogP contribution in [-0.2, 0) is 16.2 Å². The van der Waals surface area contributed by atoms with Crippen molar-refractivity contribution in [1.82, 2.24) is 9.29 Å². The molecule has 0 saturated heterocycles. The van der Waals surface area contributed by atoms with Gasteiger partial charge in [-0.3, -0.25) is 9.36 Å². The van der Waals surface area contributed by atoms with Gasteiger partial charge < -0.3 is 10.6 Å². The Morgan fingerprint density at radius 1 is 1.05 bits per heavy atom. The first-order chi connectivity index (χ1) is 17.3. The average Bonchev–Trinajstić information content (AvgIpc) is 3.26. The number of hydrogen-bond donors (Lipinski definition) is 3. The van der Waals surface area contributed by atoms with Crippen molar-refractivity contribution in [3.8, 4) is 5.69 Å². The number of nitrogens with zero attached hydrogens (tertiary/aromatic N) is 1. The van der Waals surface area contributed by atoms with Crippen LogP contribution in [-0.4, -0.2) is 26.1 Å². The Morgan fingerprint density at radius 2 is 1.78 bits per heavy atom. The summed E-state index contributed by atoms with van der Waals surface area (Å²) in [7, 11) is -2.89. The number of nitrogens with one attached hydrogen (secondary N) is 3. The second-order valence-electron chi connectivity index (χ2n) is 7.51. The van der Waals surface area contributed by atoms with Crippen LogP contribution in [0.5, 0.6) is 0 Å². The van der Waals surface area contributed by atoms with E-state index in [1.807, 2.05) is 5.32 Å². The summed E-state index contributed by atoms with van der Waals surface area (Å²) in [6.07, 6.45) is -3.76. The SMILES string of the molecule is CNc1cc2ccn(-c3ccc(NC(=O)NS(=O)(=O)c4ccc(Cl)s4)c(C(F)(F)F)c3)c(=O)c2cc1F. The molecule has 0 atom stereocenters. The first-order valence-electron chi connectivity index (χ1n) is 10.1. The van der Waals surface area contributed by atoms with Crippen molar-refractivity contribution in [2.24, 2.45) is 0 Å². The van der Waals surface area contributed by atoms with Gasteiger partial charge in [0, 0.05) is 18.9 Å². The summed E-state index contributed by atoms with van der Waals surface area (Å²) in [5, 5.41) is 4.81. The lowest BCUT2D eigenvalue weighted by molar-refractivity contribution is -0.136. The van der Waals surface area contributed by atoms with Gasteiger partial charge in [0.2, 0.25) is 0 Å². The lowest BCUT2D eigenvalue weighted by Crippen LogP contribution is -2.34. The number of sulfonamides is 1. The molecule has 2 heterocycles. The van der Waals surface area contributed by atoms with Crippen LogP contribution in [0.3, 0.4) is 0 Å². The van der Waals surface area contributed by atoms with Crippen molar-refractivity contribution in [2.75, 3.05) is 17.7 Å². The van der Waals surface area contributed by atoms with E-state index in [0.29, 0.717) is 22.8 Å². The normalized spacial score (nSPS) is 11.9. The van der Waals surface area contributed by atoms with Crippen molar-refractivity contribution in [2.45, 2.75) is 10.4 Å². The summed E-state index contributed by atoms with van der Waals surface area (Å²) in [4.78, 5) is 25.2. The number of halogens is 5. The van der Waals surface area contributed by atoms with Crippen LogP contribution >= 0.6 is 22.9 Å². The Bertz CT molecular complexity index is 1700. The van der Waals surface area contributed by atoms with Crippen LogP contribution in [0.1, 0.15) is 5.56 Å². The van der Waals surface area contributed by atoms with E-state index in [0.717, 1.165) is 28.8 Å². The fourth-order valence-electron chi connectivity index (χ4n) is 3.45. The molecule has 2 aromatic heterocycles. The zero-order valence-corrected chi connectivity index (χ0v) is 20.9. The van der Waals surface area contributed by atoms with Gasteiger partial charge in [-0.2, -0.15) is 13.2 Å². The van der Waals surface area contributed by atoms with E-state index in [9.17, 15) is 35.6 Å². The molecule has 194 valence electrons. The predicted octanol–water partition coefficient (Wildman–Crippen LogP) is 5.42. The lowest BCUT2D eigenvalue weighted by atomic mass is 10.1. The third-order valence-corrected chi connectivity index (χ3v) is 8.19.